The maximum Gasteiger partial charge on any atom is 0.154 e. The lowest BCUT2D eigenvalue weighted by molar-refractivity contribution is 0.308. The van der Waals surface area contributed by atoms with Gasteiger partial charge in [0.2, 0.25) is 0 Å². The third-order valence-corrected chi connectivity index (χ3v) is 2.97. The van der Waals surface area contributed by atoms with Crippen molar-refractivity contribution in [3.8, 4) is 0 Å². The molecule has 4 heteroatoms. The highest BCUT2D eigenvalue weighted by atomic mass is 15.3. The lowest BCUT2D eigenvalue weighted by Gasteiger charge is -2.25. The molecule has 0 radical (unpaired) electrons. The van der Waals surface area contributed by atoms with E-state index in [-0.39, 0.29) is 11.5 Å². The Morgan fingerprint density at radius 3 is 2.47 bits per heavy atom. The van der Waals surface area contributed by atoms with E-state index in [1.54, 1.807) is 0 Å². The highest BCUT2D eigenvalue weighted by molar-refractivity contribution is 5.09. The highest BCUT2D eigenvalue weighted by Gasteiger charge is 2.32. The molecular weight excluding hydrogens is 188 g/mol. The Hall–Kier alpha value is -0.900. The first-order valence-corrected chi connectivity index (χ1v) is 5.56. The van der Waals surface area contributed by atoms with Crippen LogP contribution in [-0.2, 0) is 7.05 Å². The molecular formula is C11H20N4. The SMILES string of the molecule is Cn1nc(C2CC2)nc1C(N)C(C)(C)C. The summed E-state index contributed by atoms with van der Waals surface area (Å²) in [5.41, 5.74) is 6.21. The summed E-state index contributed by atoms with van der Waals surface area (Å²) in [4.78, 5) is 4.57. The molecule has 1 heterocycles. The first kappa shape index (κ1) is 10.6. The van der Waals surface area contributed by atoms with E-state index < -0.39 is 0 Å². The van der Waals surface area contributed by atoms with Crippen LogP contribution in [0.25, 0.3) is 0 Å². The second kappa shape index (κ2) is 3.30. The zero-order chi connectivity index (χ0) is 11.2. The minimum Gasteiger partial charge on any atom is -0.321 e. The maximum absolute atomic E-state index is 6.18. The highest BCUT2D eigenvalue weighted by Crippen LogP contribution is 2.39. The minimum absolute atomic E-state index is 0.0294. The number of rotatable bonds is 2. The molecule has 1 atom stereocenters. The van der Waals surface area contributed by atoms with Gasteiger partial charge in [-0.15, -0.1) is 0 Å². The van der Waals surface area contributed by atoms with Crippen LogP contribution in [0.2, 0.25) is 0 Å². The molecule has 0 saturated heterocycles. The molecule has 2 N–H and O–H groups in total. The van der Waals surface area contributed by atoms with Crippen molar-refractivity contribution >= 4 is 0 Å². The smallest absolute Gasteiger partial charge is 0.154 e. The second-order valence-electron chi connectivity index (χ2n) is 5.57. The van der Waals surface area contributed by atoms with E-state index in [4.69, 9.17) is 5.73 Å². The first-order valence-electron chi connectivity index (χ1n) is 5.56. The Bertz CT molecular complexity index is 357. The fourth-order valence-corrected chi connectivity index (χ4v) is 1.59. The largest absolute Gasteiger partial charge is 0.321 e. The van der Waals surface area contributed by atoms with Crippen molar-refractivity contribution in [3.63, 3.8) is 0 Å². The summed E-state index contributed by atoms with van der Waals surface area (Å²) in [6.45, 7) is 6.38. The number of aromatic nitrogens is 3. The van der Waals surface area contributed by atoms with E-state index in [0.29, 0.717) is 5.92 Å². The zero-order valence-electron chi connectivity index (χ0n) is 9.99. The normalized spacial score (nSPS) is 19.3. The summed E-state index contributed by atoms with van der Waals surface area (Å²) in [5, 5.41) is 4.43. The molecule has 4 nitrogen and oxygen atoms in total. The van der Waals surface area contributed by atoms with Crippen LogP contribution >= 0.6 is 0 Å². The van der Waals surface area contributed by atoms with Crippen molar-refractivity contribution < 1.29 is 0 Å². The monoisotopic (exact) mass is 208 g/mol. The number of nitrogens with zero attached hydrogens (tertiary/aromatic N) is 3. The molecule has 1 aliphatic rings. The summed E-state index contributed by atoms with van der Waals surface area (Å²) in [6.07, 6.45) is 2.46. The molecule has 0 bridgehead atoms. The lowest BCUT2D eigenvalue weighted by Crippen LogP contribution is -2.29. The summed E-state index contributed by atoms with van der Waals surface area (Å²) >= 11 is 0. The van der Waals surface area contributed by atoms with Gasteiger partial charge in [0.15, 0.2) is 5.82 Å². The standard InChI is InChI=1S/C11H20N4/c1-11(2,3)8(12)10-13-9(7-5-6-7)14-15(10)4/h7-8H,5-6,12H2,1-4H3. The average Bonchev–Trinajstić information content (AvgIpc) is 2.88. The van der Waals surface area contributed by atoms with E-state index in [1.807, 2.05) is 11.7 Å². The topological polar surface area (TPSA) is 56.7 Å². The van der Waals surface area contributed by atoms with Crippen molar-refractivity contribution in [3.05, 3.63) is 11.6 Å². The molecule has 1 aromatic heterocycles. The van der Waals surface area contributed by atoms with Gasteiger partial charge in [-0.05, 0) is 18.3 Å². The van der Waals surface area contributed by atoms with Crippen molar-refractivity contribution in [2.24, 2.45) is 18.2 Å². The molecule has 0 spiro atoms. The van der Waals surface area contributed by atoms with E-state index in [2.05, 4.69) is 30.9 Å². The van der Waals surface area contributed by atoms with Gasteiger partial charge in [0.05, 0.1) is 6.04 Å². The quantitative estimate of drug-likeness (QED) is 0.805. The number of hydrogen-bond donors (Lipinski definition) is 1. The fourth-order valence-electron chi connectivity index (χ4n) is 1.59. The summed E-state index contributed by atoms with van der Waals surface area (Å²) in [5.74, 6) is 2.48. The molecule has 0 aromatic carbocycles. The van der Waals surface area contributed by atoms with Gasteiger partial charge in [0.1, 0.15) is 5.82 Å². The van der Waals surface area contributed by atoms with Crippen LogP contribution in [-0.4, -0.2) is 14.8 Å². The molecule has 0 amide bonds. The van der Waals surface area contributed by atoms with Crippen LogP contribution in [0.3, 0.4) is 0 Å². The van der Waals surface area contributed by atoms with Crippen LogP contribution in [0.15, 0.2) is 0 Å². The van der Waals surface area contributed by atoms with E-state index in [0.717, 1.165) is 11.6 Å². The molecule has 1 aliphatic carbocycles. The van der Waals surface area contributed by atoms with Gasteiger partial charge in [-0.3, -0.25) is 4.68 Å². The molecule has 1 saturated carbocycles. The van der Waals surface area contributed by atoms with E-state index in [9.17, 15) is 0 Å². The molecule has 84 valence electrons. The summed E-state index contributed by atoms with van der Waals surface area (Å²) < 4.78 is 1.84. The minimum atomic E-state index is -0.0532. The Morgan fingerprint density at radius 2 is 2.00 bits per heavy atom. The molecule has 15 heavy (non-hydrogen) atoms. The Kier molecular flexibility index (Phi) is 2.34. The molecule has 1 fully saturated rings. The van der Waals surface area contributed by atoms with Crippen molar-refractivity contribution in [2.45, 2.75) is 45.6 Å². The average molecular weight is 208 g/mol. The van der Waals surface area contributed by atoms with Crippen LogP contribution in [0.4, 0.5) is 0 Å². The Morgan fingerprint density at radius 1 is 1.40 bits per heavy atom. The van der Waals surface area contributed by atoms with Gasteiger partial charge in [-0.2, -0.15) is 5.10 Å². The Balaban J connectivity index is 2.27. The number of hydrogen-bond acceptors (Lipinski definition) is 3. The summed E-state index contributed by atoms with van der Waals surface area (Å²) in [6, 6.07) is -0.0532. The van der Waals surface area contributed by atoms with Crippen LogP contribution in [0, 0.1) is 5.41 Å². The lowest BCUT2D eigenvalue weighted by atomic mass is 9.87. The van der Waals surface area contributed by atoms with Crippen LogP contribution in [0.5, 0.6) is 0 Å². The van der Waals surface area contributed by atoms with Crippen molar-refractivity contribution in [1.29, 1.82) is 0 Å². The molecule has 0 aliphatic heterocycles. The third-order valence-electron chi connectivity index (χ3n) is 2.97. The van der Waals surface area contributed by atoms with Gasteiger partial charge in [-0.1, -0.05) is 20.8 Å². The molecule has 1 unspecified atom stereocenters. The summed E-state index contributed by atoms with van der Waals surface area (Å²) in [7, 11) is 1.93. The number of aryl methyl sites for hydroxylation is 1. The van der Waals surface area contributed by atoms with Gasteiger partial charge < -0.3 is 5.73 Å². The third kappa shape index (κ3) is 2.04. The first-order chi connectivity index (χ1) is 6.89. The zero-order valence-corrected chi connectivity index (χ0v) is 9.99. The maximum atomic E-state index is 6.18. The predicted molar refractivity (Wildman–Crippen MR) is 59.4 cm³/mol. The van der Waals surface area contributed by atoms with Gasteiger partial charge in [0, 0.05) is 13.0 Å². The van der Waals surface area contributed by atoms with Crippen molar-refractivity contribution in [1.82, 2.24) is 14.8 Å². The Labute approximate surface area is 90.9 Å². The molecule has 2 rings (SSSR count). The molecule has 1 aromatic rings. The van der Waals surface area contributed by atoms with Crippen molar-refractivity contribution in [2.75, 3.05) is 0 Å². The predicted octanol–water partition coefficient (Wildman–Crippen LogP) is 1.74. The van der Waals surface area contributed by atoms with Gasteiger partial charge in [0.25, 0.3) is 0 Å². The van der Waals surface area contributed by atoms with Gasteiger partial charge >= 0.3 is 0 Å². The van der Waals surface area contributed by atoms with E-state index >= 15 is 0 Å². The second-order valence-corrected chi connectivity index (χ2v) is 5.57. The fraction of sp³-hybridized carbons (Fsp3) is 0.818. The van der Waals surface area contributed by atoms with Crippen LogP contribution in [0.1, 0.15) is 57.2 Å². The van der Waals surface area contributed by atoms with Gasteiger partial charge in [-0.25, -0.2) is 4.98 Å². The number of nitrogens with two attached hydrogens (primary N) is 1. The van der Waals surface area contributed by atoms with Crippen LogP contribution < -0.4 is 5.73 Å². The van der Waals surface area contributed by atoms with E-state index in [1.165, 1.54) is 12.8 Å².